The Morgan fingerprint density at radius 1 is 1.48 bits per heavy atom. The van der Waals surface area contributed by atoms with Crippen molar-refractivity contribution in [2.24, 2.45) is 5.41 Å². The van der Waals surface area contributed by atoms with E-state index in [1.807, 2.05) is 0 Å². The van der Waals surface area contributed by atoms with Gasteiger partial charge in [-0.05, 0) is 19.4 Å². The lowest BCUT2D eigenvalue weighted by molar-refractivity contribution is -0.385. The van der Waals surface area contributed by atoms with Crippen molar-refractivity contribution in [3.8, 4) is 0 Å². The minimum atomic E-state index is -4.01. The molecule has 9 heteroatoms. The van der Waals surface area contributed by atoms with Crippen LogP contribution in [0.4, 0.5) is 5.69 Å². The fourth-order valence-electron chi connectivity index (χ4n) is 1.45. The van der Waals surface area contributed by atoms with Crippen molar-refractivity contribution >= 4 is 21.7 Å². The molecule has 1 rings (SSSR count). The number of carbonyl (C=O) groups is 1. The molecule has 0 aromatic heterocycles. The van der Waals surface area contributed by atoms with E-state index in [-0.39, 0.29) is 23.5 Å². The Balaban J connectivity index is 3.00. The molecule has 0 saturated carbocycles. The van der Waals surface area contributed by atoms with Crippen LogP contribution in [-0.4, -0.2) is 31.0 Å². The number of aliphatic carboxylic acids is 1. The molecule has 1 aromatic carbocycles. The molecule has 1 aromatic rings. The van der Waals surface area contributed by atoms with E-state index in [0.29, 0.717) is 0 Å². The van der Waals surface area contributed by atoms with Crippen molar-refractivity contribution in [3.05, 3.63) is 34.4 Å². The Bertz CT molecular complexity index is 657. The lowest BCUT2D eigenvalue weighted by Crippen LogP contribution is -2.40. The predicted molar refractivity (Wildman–Crippen MR) is 74.3 cm³/mol. The van der Waals surface area contributed by atoms with Gasteiger partial charge >= 0.3 is 5.97 Å². The van der Waals surface area contributed by atoms with Crippen LogP contribution in [0, 0.1) is 15.5 Å². The zero-order chi connectivity index (χ0) is 16.3. The van der Waals surface area contributed by atoms with E-state index < -0.39 is 26.3 Å². The van der Waals surface area contributed by atoms with Gasteiger partial charge in [-0.3, -0.25) is 14.9 Å². The Morgan fingerprint density at radius 2 is 2.10 bits per heavy atom. The summed E-state index contributed by atoms with van der Waals surface area (Å²) < 4.78 is 26.3. The number of rotatable bonds is 7. The number of nitrogens with zero attached hydrogens (tertiary/aromatic N) is 1. The van der Waals surface area contributed by atoms with E-state index in [1.165, 1.54) is 25.1 Å². The average molecular weight is 316 g/mol. The standard InChI is InChI=1S/C12H16N2O6S/c1-3-12(2,11(15)16)8-13-21(19,20)10-6-4-5-9(7-10)14(17)18/h4-7,13H,3,8H2,1-2H3,(H,15,16). The first-order chi connectivity index (χ1) is 9.62. The third kappa shape index (κ3) is 3.99. The minimum Gasteiger partial charge on any atom is -0.481 e. The zero-order valence-corrected chi connectivity index (χ0v) is 12.4. The molecule has 0 aliphatic heterocycles. The summed E-state index contributed by atoms with van der Waals surface area (Å²) in [4.78, 5) is 20.8. The summed E-state index contributed by atoms with van der Waals surface area (Å²) in [5.74, 6) is -1.12. The van der Waals surface area contributed by atoms with Gasteiger partial charge in [0.1, 0.15) is 0 Å². The van der Waals surface area contributed by atoms with Crippen LogP contribution in [0.3, 0.4) is 0 Å². The number of carboxylic acid groups (broad SMARTS) is 1. The number of hydrogen-bond donors (Lipinski definition) is 2. The second kappa shape index (κ2) is 6.19. The number of non-ortho nitro benzene ring substituents is 1. The molecule has 8 nitrogen and oxygen atoms in total. The summed E-state index contributed by atoms with van der Waals surface area (Å²) in [5.41, 5.74) is -1.59. The van der Waals surface area contributed by atoms with Gasteiger partial charge in [0.25, 0.3) is 5.69 Å². The third-order valence-electron chi connectivity index (χ3n) is 3.29. The van der Waals surface area contributed by atoms with Gasteiger partial charge < -0.3 is 5.11 Å². The van der Waals surface area contributed by atoms with Crippen LogP contribution in [0.5, 0.6) is 0 Å². The summed E-state index contributed by atoms with van der Waals surface area (Å²) in [6.45, 7) is 2.75. The molecular formula is C12H16N2O6S. The molecule has 21 heavy (non-hydrogen) atoms. The molecular weight excluding hydrogens is 300 g/mol. The van der Waals surface area contributed by atoms with Crippen LogP contribution in [0.1, 0.15) is 20.3 Å². The highest BCUT2D eigenvalue weighted by Crippen LogP contribution is 2.22. The summed E-state index contributed by atoms with van der Waals surface area (Å²) >= 11 is 0. The second-order valence-corrected chi connectivity index (χ2v) is 6.57. The van der Waals surface area contributed by atoms with Gasteiger partial charge in [0, 0.05) is 18.7 Å². The second-order valence-electron chi connectivity index (χ2n) is 4.80. The fourth-order valence-corrected chi connectivity index (χ4v) is 2.66. The van der Waals surface area contributed by atoms with Gasteiger partial charge in [0.05, 0.1) is 15.2 Å². The molecule has 1 atom stereocenters. The van der Waals surface area contributed by atoms with Crippen molar-refractivity contribution in [1.82, 2.24) is 4.72 Å². The Hall–Kier alpha value is -2.00. The van der Waals surface area contributed by atoms with Crippen LogP contribution in [0.2, 0.25) is 0 Å². The van der Waals surface area contributed by atoms with E-state index in [4.69, 9.17) is 5.11 Å². The normalized spacial score (nSPS) is 14.4. The number of benzene rings is 1. The molecule has 116 valence electrons. The third-order valence-corrected chi connectivity index (χ3v) is 4.69. The van der Waals surface area contributed by atoms with Gasteiger partial charge in [-0.15, -0.1) is 0 Å². The molecule has 0 aliphatic rings. The molecule has 0 aliphatic carbocycles. The highest BCUT2D eigenvalue weighted by molar-refractivity contribution is 7.89. The van der Waals surface area contributed by atoms with Gasteiger partial charge in [-0.25, -0.2) is 13.1 Å². The predicted octanol–water partition coefficient (Wildman–Crippen LogP) is 1.37. The molecule has 0 bridgehead atoms. The molecule has 2 N–H and O–H groups in total. The summed E-state index contributed by atoms with van der Waals surface area (Å²) in [6, 6.07) is 4.56. The lowest BCUT2D eigenvalue weighted by Gasteiger charge is -2.23. The van der Waals surface area contributed by atoms with Crippen molar-refractivity contribution in [2.45, 2.75) is 25.2 Å². The van der Waals surface area contributed by atoms with E-state index in [2.05, 4.69) is 4.72 Å². The first kappa shape index (κ1) is 17.1. The number of nitro benzene ring substituents is 1. The molecule has 0 radical (unpaired) electrons. The maximum Gasteiger partial charge on any atom is 0.310 e. The summed E-state index contributed by atoms with van der Waals surface area (Å²) in [6.07, 6.45) is 0.236. The van der Waals surface area contributed by atoms with Crippen LogP contribution in [0.25, 0.3) is 0 Å². The van der Waals surface area contributed by atoms with E-state index >= 15 is 0 Å². The zero-order valence-electron chi connectivity index (χ0n) is 11.6. The van der Waals surface area contributed by atoms with E-state index in [9.17, 15) is 23.3 Å². The molecule has 0 fully saturated rings. The highest BCUT2D eigenvalue weighted by Gasteiger charge is 2.33. The van der Waals surface area contributed by atoms with Crippen LogP contribution in [0.15, 0.2) is 29.2 Å². The summed E-state index contributed by atoms with van der Waals surface area (Å²) in [5, 5.41) is 19.7. The highest BCUT2D eigenvalue weighted by atomic mass is 32.2. The quantitative estimate of drug-likeness (QED) is 0.578. The first-order valence-electron chi connectivity index (χ1n) is 6.10. The summed E-state index contributed by atoms with van der Waals surface area (Å²) in [7, 11) is -4.01. The van der Waals surface area contributed by atoms with E-state index in [1.54, 1.807) is 6.92 Å². The number of nitrogens with one attached hydrogen (secondary N) is 1. The molecule has 0 amide bonds. The van der Waals surface area contributed by atoms with Crippen molar-refractivity contribution in [2.75, 3.05) is 6.54 Å². The Labute approximate surface area is 122 Å². The van der Waals surface area contributed by atoms with E-state index in [0.717, 1.165) is 6.07 Å². The lowest BCUT2D eigenvalue weighted by atomic mass is 9.88. The first-order valence-corrected chi connectivity index (χ1v) is 7.58. The van der Waals surface area contributed by atoms with Gasteiger partial charge in [0.2, 0.25) is 10.0 Å². The maximum atomic E-state index is 12.1. The minimum absolute atomic E-state index is 0.236. The molecule has 0 saturated heterocycles. The van der Waals surface area contributed by atoms with Crippen molar-refractivity contribution in [1.29, 1.82) is 0 Å². The topological polar surface area (TPSA) is 127 Å². The molecule has 1 unspecified atom stereocenters. The van der Waals surface area contributed by atoms with Gasteiger partial charge in [0.15, 0.2) is 0 Å². The number of carboxylic acids is 1. The average Bonchev–Trinajstić information content (AvgIpc) is 2.44. The van der Waals surface area contributed by atoms with Gasteiger partial charge in [-0.2, -0.15) is 0 Å². The Kier molecular flexibility index (Phi) is 5.02. The number of hydrogen-bond acceptors (Lipinski definition) is 5. The molecule has 0 heterocycles. The van der Waals surface area contributed by atoms with Crippen molar-refractivity contribution < 1.29 is 23.2 Å². The van der Waals surface area contributed by atoms with Crippen molar-refractivity contribution in [3.63, 3.8) is 0 Å². The van der Waals surface area contributed by atoms with Crippen LogP contribution < -0.4 is 4.72 Å². The smallest absolute Gasteiger partial charge is 0.310 e. The van der Waals surface area contributed by atoms with Crippen LogP contribution >= 0.6 is 0 Å². The maximum absolute atomic E-state index is 12.1. The Morgan fingerprint density at radius 3 is 2.57 bits per heavy atom. The number of nitro groups is 1. The van der Waals surface area contributed by atoms with Crippen LogP contribution in [-0.2, 0) is 14.8 Å². The van der Waals surface area contributed by atoms with Gasteiger partial charge in [-0.1, -0.05) is 13.0 Å². The molecule has 0 spiro atoms. The SMILES string of the molecule is CCC(C)(CNS(=O)(=O)c1cccc([N+](=O)[O-])c1)C(=O)O. The number of sulfonamides is 1. The largest absolute Gasteiger partial charge is 0.481 e. The fraction of sp³-hybridized carbons (Fsp3) is 0.417. The monoisotopic (exact) mass is 316 g/mol.